The molecule has 3 heterocycles. The second-order valence-electron chi connectivity index (χ2n) is 12.7. The van der Waals surface area contributed by atoms with Gasteiger partial charge in [0.25, 0.3) is 5.91 Å². The van der Waals surface area contributed by atoms with Crippen LogP contribution in [0.4, 0.5) is 5.69 Å². The minimum atomic E-state index is -1.27. The Labute approximate surface area is 286 Å². The Morgan fingerprint density at radius 2 is 1.85 bits per heavy atom. The highest BCUT2D eigenvalue weighted by molar-refractivity contribution is 6.34. The first-order valence-corrected chi connectivity index (χ1v) is 16.9. The second kappa shape index (κ2) is 15.1. The predicted molar refractivity (Wildman–Crippen MR) is 182 cm³/mol. The third-order valence-corrected chi connectivity index (χ3v) is 10.3. The van der Waals surface area contributed by atoms with Crippen molar-refractivity contribution in [3.8, 4) is 0 Å². The molecule has 2 bridgehead atoms. The van der Waals surface area contributed by atoms with E-state index in [2.05, 4.69) is 13.2 Å². The molecule has 0 unspecified atom stereocenters. The van der Waals surface area contributed by atoms with Crippen molar-refractivity contribution in [2.45, 2.75) is 68.9 Å². The number of fused-ring (bicyclic) bond motifs is 1. The van der Waals surface area contributed by atoms with Gasteiger partial charge in [-0.2, -0.15) is 0 Å². The normalized spacial score (nSPS) is 25.2. The van der Waals surface area contributed by atoms with Crippen LogP contribution in [0.5, 0.6) is 0 Å². The average Bonchev–Trinajstić information content (AvgIpc) is 3.74. The first-order valence-electron chi connectivity index (χ1n) is 16.5. The predicted octanol–water partition coefficient (Wildman–Crippen LogP) is 4.71. The quantitative estimate of drug-likeness (QED) is 0.214. The number of allylic oxidation sites excluding steroid dienone is 1. The fourth-order valence-electron chi connectivity index (χ4n) is 7.56. The van der Waals surface area contributed by atoms with Gasteiger partial charge in [-0.05, 0) is 50.3 Å². The molecular formula is C37H44ClN3O7. The number of carbonyl (C=O) groups excluding carboxylic acids is 4. The summed E-state index contributed by atoms with van der Waals surface area (Å²) in [5.41, 5.74) is -0.103. The Bertz CT molecular complexity index is 1540. The number of nitrogens with zero attached hydrogens (tertiary/aromatic N) is 3. The van der Waals surface area contributed by atoms with Crippen molar-refractivity contribution in [1.29, 1.82) is 0 Å². The standard InChI is InChI=1S/C37H44ClN3O7/c1-5-7-18-29(43)39(4)24(3)32(25-14-9-8-10-15-25)47-36(46)30-28-19-20-37(48-28)31(30)34(44)41(22-13-23-42)33(37)35(45)40(21-6-2)27-17-12-11-16-26(27)38/h5-6,8-12,14-17,24,28,30-33,42H,1-2,7,13,18-23H2,3-4H3/t24-,28+,30-,31-,32+,33+,37-/m0/s1. The SMILES string of the molecule is C=CCCC(=O)N(C)[C@@H](C)[C@@H](OC(=O)[C@@H]1[C@H]2C(=O)N(CCCO)[C@H](C(=O)N(CC=C)c3ccccc3Cl)[C@]23CC[C@H]1O3)c1ccccc1. The third-order valence-electron chi connectivity index (χ3n) is 9.96. The van der Waals surface area contributed by atoms with Crippen LogP contribution in [0.2, 0.25) is 5.02 Å². The highest BCUT2D eigenvalue weighted by atomic mass is 35.5. The number of likely N-dealkylation sites (tertiary alicyclic amines) is 1. The number of hydrogen-bond donors (Lipinski definition) is 1. The largest absolute Gasteiger partial charge is 0.455 e. The van der Waals surface area contributed by atoms with Crippen molar-refractivity contribution in [3.05, 3.63) is 90.5 Å². The molecule has 5 rings (SSSR count). The zero-order valence-electron chi connectivity index (χ0n) is 27.5. The summed E-state index contributed by atoms with van der Waals surface area (Å²) in [4.78, 5) is 60.8. The van der Waals surface area contributed by atoms with Gasteiger partial charge >= 0.3 is 5.97 Å². The van der Waals surface area contributed by atoms with Crippen LogP contribution in [-0.2, 0) is 28.7 Å². The molecule has 3 aliphatic heterocycles. The smallest absolute Gasteiger partial charge is 0.313 e. The number of aliphatic hydroxyl groups excluding tert-OH is 1. The van der Waals surface area contributed by atoms with Gasteiger partial charge < -0.3 is 29.3 Å². The summed E-state index contributed by atoms with van der Waals surface area (Å²) < 4.78 is 12.9. The van der Waals surface area contributed by atoms with Crippen molar-refractivity contribution in [3.63, 3.8) is 0 Å². The Hall–Kier alpha value is -3.99. The Kier molecular flexibility index (Phi) is 11.1. The van der Waals surface area contributed by atoms with E-state index in [4.69, 9.17) is 21.1 Å². The van der Waals surface area contributed by atoms with Crippen molar-refractivity contribution in [2.75, 3.05) is 31.6 Å². The molecule has 2 aromatic carbocycles. The number of anilines is 1. The maximum absolute atomic E-state index is 14.6. The lowest BCUT2D eigenvalue weighted by Crippen LogP contribution is -2.56. The summed E-state index contributed by atoms with van der Waals surface area (Å²) in [6.45, 7) is 9.40. The van der Waals surface area contributed by atoms with E-state index in [-0.39, 0.29) is 44.4 Å². The highest BCUT2D eigenvalue weighted by Gasteiger charge is 2.75. The van der Waals surface area contributed by atoms with Gasteiger partial charge in [0.1, 0.15) is 17.7 Å². The van der Waals surface area contributed by atoms with Crippen LogP contribution >= 0.6 is 11.6 Å². The maximum atomic E-state index is 14.6. The number of halogens is 1. The number of aliphatic hydroxyl groups is 1. The summed E-state index contributed by atoms with van der Waals surface area (Å²) in [7, 11) is 1.68. The van der Waals surface area contributed by atoms with Crippen molar-refractivity contribution >= 4 is 41.0 Å². The van der Waals surface area contributed by atoms with Gasteiger partial charge in [0, 0.05) is 33.2 Å². The molecule has 0 radical (unpaired) electrons. The molecule has 3 aliphatic rings. The Morgan fingerprint density at radius 1 is 1.15 bits per heavy atom. The van der Waals surface area contributed by atoms with E-state index in [9.17, 15) is 24.3 Å². The Morgan fingerprint density at radius 3 is 2.52 bits per heavy atom. The number of likely N-dealkylation sites (N-methyl/N-ethyl adjacent to an activating group) is 1. The van der Waals surface area contributed by atoms with E-state index in [1.165, 1.54) is 9.80 Å². The first kappa shape index (κ1) is 35.3. The number of amides is 3. The fraction of sp³-hybridized carbons (Fsp3) is 0.459. The first-order chi connectivity index (χ1) is 23.1. The third kappa shape index (κ3) is 6.41. The van der Waals surface area contributed by atoms with Gasteiger partial charge in [0.15, 0.2) is 0 Å². The molecule has 10 nitrogen and oxygen atoms in total. The number of rotatable bonds is 15. The summed E-state index contributed by atoms with van der Waals surface area (Å²) >= 11 is 6.53. The van der Waals surface area contributed by atoms with E-state index in [0.29, 0.717) is 35.5 Å². The summed E-state index contributed by atoms with van der Waals surface area (Å²) in [6, 6.07) is 14.6. The molecule has 11 heteroatoms. The van der Waals surface area contributed by atoms with Gasteiger partial charge in [0.05, 0.1) is 34.7 Å². The number of carbonyl (C=O) groups is 4. The molecule has 3 amide bonds. The monoisotopic (exact) mass is 677 g/mol. The van der Waals surface area contributed by atoms with Crippen LogP contribution in [0.1, 0.15) is 50.7 Å². The van der Waals surface area contributed by atoms with Crippen LogP contribution in [0, 0.1) is 11.8 Å². The molecule has 3 saturated heterocycles. The molecule has 3 fully saturated rings. The van der Waals surface area contributed by atoms with Crippen LogP contribution in [0.15, 0.2) is 79.9 Å². The zero-order valence-corrected chi connectivity index (χ0v) is 28.3. The van der Waals surface area contributed by atoms with Crippen LogP contribution < -0.4 is 4.90 Å². The molecule has 2 aromatic rings. The number of esters is 1. The van der Waals surface area contributed by atoms with Crippen LogP contribution in [0.3, 0.4) is 0 Å². The van der Waals surface area contributed by atoms with E-state index < -0.39 is 53.6 Å². The van der Waals surface area contributed by atoms with Gasteiger partial charge in [-0.3, -0.25) is 19.2 Å². The lowest BCUT2D eigenvalue weighted by Gasteiger charge is -2.37. The molecule has 7 atom stereocenters. The van der Waals surface area contributed by atoms with Crippen LogP contribution in [-0.4, -0.2) is 89.1 Å². The molecule has 1 spiro atoms. The summed E-state index contributed by atoms with van der Waals surface area (Å²) in [6.07, 6.45) is 3.70. The summed E-state index contributed by atoms with van der Waals surface area (Å²) in [5.74, 6) is -3.44. The van der Waals surface area contributed by atoms with Crippen molar-refractivity contribution in [2.24, 2.45) is 11.8 Å². The molecule has 256 valence electrons. The maximum Gasteiger partial charge on any atom is 0.313 e. The minimum absolute atomic E-state index is 0.103. The lowest BCUT2D eigenvalue weighted by atomic mass is 9.70. The number of benzene rings is 2. The van der Waals surface area contributed by atoms with Crippen molar-refractivity contribution < 1.29 is 33.8 Å². The fourth-order valence-corrected chi connectivity index (χ4v) is 7.80. The summed E-state index contributed by atoms with van der Waals surface area (Å²) in [5, 5.41) is 10.1. The molecular weight excluding hydrogens is 634 g/mol. The minimum Gasteiger partial charge on any atom is -0.455 e. The van der Waals surface area contributed by atoms with Crippen molar-refractivity contribution in [1.82, 2.24) is 9.80 Å². The zero-order chi connectivity index (χ0) is 34.6. The molecule has 0 aromatic heterocycles. The van der Waals surface area contributed by atoms with Crippen LogP contribution in [0.25, 0.3) is 0 Å². The van der Waals surface area contributed by atoms with E-state index in [1.807, 2.05) is 37.3 Å². The molecule has 0 saturated carbocycles. The number of ether oxygens (including phenoxy) is 2. The van der Waals surface area contributed by atoms with Gasteiger partial charge in [-0.1, -0.05) is 66.2 Å². The average molecular weight is 678 g/mol. The molecule has 1 N–H and O–H groups in total. The highest BCUT2D eigenvalue weighted by Crippen LogP contribution is 2.59. The second-order valence-corrected chi connectivity index (χ2v) is 13.1. The van der Waals surface area contributed by atoms with Gasteiger partial charge in [0.2, 0.25) is 11.8 Å². The van der Waals surface area contributed by atoms with Gasteiger partial charge in [-0.25, -0.2) is 0 Å². The Balaban J connectivity index is 1.48. The van der Waals surface area contributed by atoms with Gasteiger partial charge in [-0.15, -0.1) is 13.2 Å². The van der Waals surface area contributed by atoms with E-state index in [1.54, 1.807) is 48.4 Å². The number of hydrogen-bond acceptors (Lipinski definition) is 7. The lowest BCUT2D eigenvalue weighted by molar-refractivity contribution is -0.164. The van der Waals surface area contributed by atoms with E-state index in [0.717, 1.165) is 0 Å². The molecule has 48 heavy (non-hydrogen) atoms. The molecule has 0 aliphatic carbocycles. The topological polar surface area (TPSA) is 117 Å². The number of para-hydroxylation sites is 1. The van der Waals surface area contributed by atoms with E-state index >= 15 is 0 Å².